The van der Waals surface area contributed by atoms with E-state index in [9.17, 15) is 9.59 Å². The van der Waals surface area contributed by atoms with Crippen molar-refractivity contribution in [3.8, 4) is 0 Å². The Bertz CT molecular complexity index is 475. The highest BCUT2D eigenvalue weighted by molar-refractivity contribution is 5.82. The van der Waals surface area contributed by atoms with Gasteiger partial charge in [-0.1, -0.05) is 13.0 Å². The van der Waals surface area contributed by atoms with Gasteiger partial charge in [-0.15, -0.1) is 0 Å². The van der Waals surface area contributed by atoms with Crippen LogP contribution in [0.1, 0.15) is 25.3 Å². The summed E-state index contributed by atoms with van der Waals surface area (Å²) in [7, 11) is 1.76. The van der Waals surface area contributed by atoms with Crippen molar-refractivity contribution in [1.29, 1.82) is 0 Å². The minimum absolute atomic E-state index is 0.0259. The molecule has 5 nitrogen and oxygen atoms in total. The zero-order valence-electron chi connectivity index (χ0n) is 12.0. The van der Waals surface area contributed by atoms with Gasteiger partial charge >= 0.3 is 0 Å². The van der Waals surface area contributed by atoms with Gasteiger partial charge < -0.3 is 10.2 Å². The third-order valence-corrected chi connectivity index (χ3v) is 3.65. The maximum absolute atomic E-state index is 11.9. The van der Waals surface area contributed by atoms with Gasteiger partial charge in [-0.05, 0) is 24.0 Å². The Labute approximate surface area is 119 Å². The average molecular weight is 275 g/mol. The SMILES string of the molecule is CC1CC1C(=O)NCCC(=O)N(C)Cc1cccnc1. The number of pyridine rings is 1. The van der Waals surface area contributed by atoms with Gasteiger partial charge in [-0.2, -0.15) is 0 Å². The van der Waals surface area contributed by atoms with E-state index in [4.69, 9.17) is 0 Å². The predicted molar refractivity (Wildman–Crippen MR) is 75.6 cm³/mol. The zero-order valence-corrected chi connectivity index (χ0v) is 12.0. The Morgan fingerprint density at radius 2 is 2.25 bits per heavy atom. The van der Waals surface area contributed by atoms with Gasteiger partial charge in [0.25, 0.3) is 0 Å². The molecular formula is C15H21N3O2. The second-order valence-electron chi connectivity index (χ2n) is 5.47. The first-order valence-electron chi connectivity index (χ1n) is 6.98. The topological polar surface area (TPSA) is 62.3 Å². The fourth-order valence-corrected chi connectivity index (χ4v) is 2.16. The molecule has 2 unspecified atom stereocenters. The summed E-state index contributed by atoms with van der Waals surface area (Å²) in [4.78, 5) is 29.2. The first-order valence-corrected chi connectivity index (χ1v) is 6.98. The van der Waals surface area contributed by atoms with Crippen molar-refractivity contribution in [2.75, 3.05) is 13.6 Å². The fourth-order valence-electron chi connectivity index (χ4n) is 2.16. The third kappa shape index (κ3) is 4.05. The van der Waals surface area contributed by atoms with E-state index >= 15 is 0 Å². The molecule has 1 aliphatic rings. The molecule has 1 heterocycles. The number of rotatable bonds is 6. The van der Waals surface area contributed by atoms with Gasteiger partial charge in [0, 0.05) is 44.9 Å². The van der Waals surface area contributed by atoms with Crippen LogP contribution >= 0.6 is 0 Å². The van der Waals surface area contributed by atoms with Crippen LogP contribution in [-0.2, 0) is 16.1 Å². The van der Waals surface area contributed by atoms with Gasteiger partial charge in [-0.3, -0.25) is 14.6 Å². The number of hydrogen-bond donors (Lipinski definition) is 1. The molecule has 1 N–H and O–H groups in total. The van der Waals surface area contributed by atoms with E-state index in [0.717, 1.165) is 12.0 Å². The summed E-state index contributed by atoms with van der Waals surface area (Å²) in [5.74, 6) is 0.774. The van der Waals surface area contributed by atoms with Crippen molar-refractivity contribution in [1.82, 2.24) is 15.2 Å². The second kappa shape index (κ2) is 6.50. The Morgan fingerprint density at radius 3 is 2.85 bits per heavy atom. The first kappa shape index (κ1) is 14.5. The molecule has 1 aromatic heterocycles. The molecule has 2 atom stereocenters. The van der Waals surface area contributed by atoms with E-state index in [0.29, 0.717) is 25.4 Å². The Morgan fingerprint density at radius 1 is 1.50 bits per heavy atom. The molecule has 2 rings (SSSR count). The highest BCUT2D eigenvalue weighted by Gasteiger charge is 2.38. The molecule has 1 fully saturated rings. The Hall–Kier alpha value is -1.91. The number of nitrogens with zero attached hydrogens (tertiary/aromatic N) is 2. The smallest absolute Gasteiger partial charge is 0.224 e. The highest BCUT2D eigenvalue weighted by Crippen LogP contribution is 2.37. The molecule has 0 bridgehead atoms. The summed E-state index contributed by atoms with van der Waals surface area (Å²) in [6, 6.07) is 3.79. The quantitative estimate of drug-likeness (QED) is 0.848. The Kier molecular flexibility index (Phi) is 4.71. The molecule has 0 spiro atoms. The minimum Gasteiger partial charge on any atom is -0.355 e. The molecule has 20 heavy (non-hydrogen) atoms. The number of carbonyl (C=O) groups is 2. The number of aromatic nitrogens is 1. The summed E-state index contributed by atoms with van der Waals surface area (Å²) >= 11 is 0. The van der Waals surface area contributed by atoms with E-state index in [1.807, 2.05) is 12.1 Å². The van der Waals surface area contributed by atoms with Crippen molar-refractivity contribution >= 4 is 11.8 Å². The Balaban J connectivity index is 1.67. The lowest BCUT2D eigenvalue weighted by atomic mass is 10.2. The van der Waals surface area contributed by atoms with E-state index in [-0.39, 0.29) is 17.7 Å². The molecule has 0 aromatic carbocycles. The molecule has 1 saturated carbocycles. The molecular weight excluding hydrogens is 254 g/mol. The fraction of sp³-hybridized carbons (Fsp3) is 0.533. The number of nitrogens with one attached hydrogen (secondary N) is 1. The molecule has 0 saturated heterocycles. The summed E-state index contributed by atoms with van der Waals surface area (Å²) in [5, 5.41) is 2.83. The maximum Gasteiger partial charge on any atom is 0.224 e. The first-order chi connectivity index (χ1) is 9.58. The van der Waals surface area contributed by atoms with E-state index in [1.54, 1.807) is 24.3 Å². The molecule has 1 aromatic rings. The highest BCUT2D eigenvalue weighted by atomic mass is 16.2. The van der Waals surface area contributed by atoms with Gasteiger partial charge in [0.2, 0.25) is 11.8 Å². The number of hydrogen-bond acceptors (Lipinski definition) is 3. The summed E-state index contributed by atoms with van der Waals surface area (Å²) in [5.41, 5.74) is 0.999. The lowest BCUT2D eigenvalue weighted by molar-refractivity contribution is -0.130. The molecule has 0 radical (unpaired) electrons. The number of amides is 2. The second-order valence-corrected chi connectivity index (χ2v) is 5.47. The standard InChI is InChI=1S/C15H21N3O2/c1-11-8-13(11)15(20)17-7-5-14(19)18(2)10-12-4-3-6-16-9-12/h3-4,6,9,11,13H,5,7-8,10H2,1-2H3,(H,17,20). The van der Waals surface area contributed by atoms with Crippen LogP contribution in [-0.4, -0.2) is 35.3 Å². The van der Waals surface area contributed by atoms with Gasteiger partial charge in [0.05, 0.1) is 0 Å². The zero-order chi connectivity index (χ0) is 14.5. The van der Waals surface area contributed by atoms with Gasteiger partial charge in [0.15, 0.2) is 0 Å². The van der Waals surface area contributed by atoms with Crippen LogP contribution in [0.4, 0.5) is 0 Å². The van der Waals surface area contributed by atoms with E-state index in [1.165, 1.54) is 0 Å². The van der Waals surface area contributed by atoms with Crippen molar-refractivity contribution in [3.05, 3.63) is 30.1 Å². The van der Waals surface area contributed by atoms with Crippen molar-refractivity contribution in [2.45, 2.75) is 26.3 Å². The van der Waals surface area contributed by atoms with Crippen molar-refractivity contribution in [3.63, 3.8) is 0 Å². The molecule has 5 heteroatoms. The van der Waals surface area contributed by atoms with Gasteiger partial charge in [-0.25, -0.2) is 0 Å². The van der Waals surface area contributed by atoms with E-state index < -0.39 is 0 Å². The maximum atomic E-state index is 11.9. The normalized spacial score (nSPS) is 20.3. The van der Waals surface area contributed by atoms with Crippen LogP contribution in [0.15, 0.2) is 24.5 Å². The van der Waals surface area contributed by atoms with Crippen molar-refractivity contribution < 1.29 is 9.59 Å². The molecule has 2 amide bonds. The van der Waals surface area contributed by atoms with Crippen LogP contribution in [0.2, 0.25) is 0 Å². The lowest BCUT2D eigenvalue weighted by Crippen LogP contribution is -2.32. The summed E-state index contributed by atoms with van der Waals surface area (Å²) in [6.07, 6.45) is 4.77. The molecule has 108 valence electrons. The lowest BCUT2D eigenvalue weighted by Gasteiger charge is -2.17. The van der Waals surface area contributed by atoms with Crippen LogP contribution < -0.4 is 5.32 Å². The average Bonchev–Trinajstić information content (AvgIpc) is 3.17. The summed E-state index contributed by atoms with van der Waals surface area (Å²) < 4.78 is 0. The van der Waals surface area contributed by atoms with Gasteiger partial charge in [0.1, 0.15) is 0 Å². The van der Waals surface area contributed by atoms with E-state index in [2.05, 4.69) is 17.2 Å². The third-order valence-electron chi connectivity index (χ3n) is 3.65. The molecule has 1 aliphatic carbocycles. The number of carbonyl (C=O) groups excluding carboxylic acids is 2. The molecule has 0 aliphatic heterocycles. The summed E-state index contributed by atoms with van der Waals surface area (Å²) in [6.45, 7) is 3.02. The largest absolute Gasteiger partial charge is 0.355 e. The van der Waals surface area contributed by atoms with Crippen LogP contribution in [0.25, 0.3) is 0 Å². The van der Waals surface area contributed by atoms with Crippen LogP contribution in [0.5, 0.6) is 0 Å². The minimum atomic E-state index is 0.0259. The van der Waals surface area contributed by atoms with Crippen LogP contribution in [0.3, 0.4) is 0 Å². The van der Waals surface area contributed by atoms with Crippen LogP contribution in [0, 0.1) is 11.8 Å². The predicted octanol–water partition coefficient (Wildman–Crippen LogP) is 1.20. The monoisotopic (exact) mass is 275 g/mol. The van der Waals surface area contributed by atoms with Crippen molar-refractivity contribution in [2.24, 2.45) is 11.8 Å².